The van der Waals surface area contributed by atoms with Crippen molar-refractivity contribution < 1.29 is 14.7 Å². The number of carbonyl (C=O) groups excluding carboxylic acids is 1. The first kappa shape index (κ1) is 17.1. The average molecular weight is 276 g/mol. The van der Waals surface area contributed by atoms with Gasteiger partial charge in [0.05, 0.1) is 6.42 Å². The van der Waals surface area contributed by atoms with Crippen LogP contribution in [0, 0.1) is 0 Å². The topological polar surface area (TPSA) is 69.6 Å². The Kier molecular flexibility index (Phi) is 9.55. The number of amides is 2. The van der Waals surface area contributed by atoms with Gasteiger partial charge in [-0.3, -0.25) is 4.79 Å². The third-order valence-corrected chi connectivity index (χ3v) is 3.27. The Labute approximate surface area is 113 Å². The van der Waals surface area contributed by atoms with E-state index < -0.39 is 5.97 Å². The summed E-state index contributed by atoms with van der Waals surface area (Å²) in [4.78, 5) is 24.1. The number of hydrogen-bond acceptors (Lipinski definition) is 3. The molecule has 0 radical (unpaired) electrons. The van der Waals surface area contributed by atoms with Crippen LogP contribution in [0.5, 0.6) is 0 Å². The molecule has 0 aliphatic rings. The van der Waals surface area contributed by atoms with E-state index in [-0.39, 0.29) is 18.5 Å². The highest BCUT2D eigenvalue weighted by Gasteiger charge is 2.17. The molecule has 0 fully saturated rings. The summed E-state index contributed by atoms with van der Waals surface area (Å²) >= 11 is 1.75. The van der Waals surface area contributed by atoms with Gasteiger partial charge in [-0.05, 0) is 24.9 Å². The smallest absolute Gasteiger partial charge is 0.317 e. The van der Waals surface area contributed by atoms with Crippen molar-refractivity contribution in [3.8, 4) is 0 Å². The molecule has 0 spiro atoms. The average Bonchev–Trinajstić information content (AvgIpc) is 2.28. The zero-order valence-electron chi connectivity index (χ0n) is 11.4. The number of urea groups is 1. The van der Waals surface area contributed by atoms with Crippen molar-refractivity contribution in [3.05, 3.63) is 0 Å². The molecule has 0 saturated carbocycles. The lowest BCUT2D eigenvalue weighted by atomic mass is 10.1. The zero-order valence-corrected chi connectivity index (χ0v) is 12.3. The van der Waals surface area contributed by atoms with E-state index in [0.29, 0.717) is 13.0 Å². The summed E-state index contributed by atoms with van der Waals surface area (Å²) < 4.78 is 0. The van der Waals surface area contributed by atoms with Crippen LogP contribution >= 0.6 is 11.8 Å². The van der Waals surface area contributed by atoms with Gasteiger partial charge in [-0.15, -0.1) is 0 Å². The van der Waals surface area contributed by atoms with Crippen molar-refractivity contribution in [1.82, 2.24) is 10.2 Å². The second-order valence-corrected chi connectivity index (χ2v) is 5.29. The molecule has 0 rings (SSSR count). The van der Waals surface area contributed by atoms with Crippen molar-refractivity contribution in [2.24, 2.45) is 0 Å². The summed E-state index contributed by atoms with van der Waals surface area (Å²) in [6, 6.07) is -0.459. The molecule has 0 aliphatic carbocycles. The quantitative estimate of drug-likeness (QED) is 0.632. The first-order chi connectivity index (χ1) is 8.51. The lowest BCUT2D eigenvalue weighted by Crippen LogP contribution is -2.44. The largest absolute Gasteiger partial charge is 0.481 e. The Balaban J connectivity index is 4.09. The Morgan fingerprint density at radius 2 is 2.11 bits per heavy atom. The minimum Gasteiger partial charge on any atom is -0.481 e. The van der Waals surface area contributed by atoms with Gasteiger partial charge in [0.25, 0.3) is 0 Å². The van der Waals surface area contributed by atoms with Gasteiger partial charge in [0.1, 0.15) is 0 Å². The van der Waals surface area contributed by atoms with Gasteiger partial charge in [0.15, 0.2) is 0 Å². The monoisotopic (exact) mass is 276 g/mol. The van der Waals surface area contributed by atoms with Crippen LogP contribution in [0.2, 0.25) is 0 Å². The van der Waals surface area contributed by atoms with Crippen molar-refractivity contribution in [3.63, 3.8) is 0 Å². The Morgan fingerprint density at radius 1 is 1.44 bits per heavy atom. The SMILES string of the molecule is CCCC(CC(=O)O)NC(=O)N(C)CCCSC. The number of nitrogens with one attached hydrogen (secondary N) is 1. The molecule has 5 nitrogen and oxygen atoms in total. The fraction of sp³-hybridized carbons (Fsp3) is 0.833. The van der Waals surface area contributed by atoms with Crippen LogP contribution in [0.15, 0.2) is 0 Å². The summed E-state index contributed by atoms with van der Waals surface area (Å²) in [6.45, 7) is 2.67. The molecule has 2 amide bonds. The second kappa shape index (κ2) is 10.1. The number of nitrogens with zero attached hydrogens (tertiary/aromatic N) is 1. The Hall–Kier alpha value is -0.910. The van der Waals surface area contributed by atoms with E-state index in [9.17, 15) is 9.59 Å². The highest BCUT2D eigenvalue weighted by atomic mass is 32.2. The molecule has 1 atom stereocenters. The van der Waals surface area contributed by atoms with E-state index in [1.165, 1.54) is 0 Å². The van der Waals surface area contributed by atoms with Gasteiger partial charge < -0.3 is 15.3 Å². The van der Waals surface area contributed by atoms with Crippen LogP contribution in [-0.2, 0) is 4.79 Å². The lowest BCUT2D eigenvalue weighted by molar-refractivity contribution is -0.137. The van der Waals surface area contributed by atoms with Crippen LogP contribution < -0.4 is 5.32 Å². The molecule has 2 N–H and O–H groups in total. The van der Waals surface area contributed by atoms with E-state index in [1.807, 2.05) is 13.2 Å². The molecule has 0 aromatic heterocycles. The predicted molar refractivity (Wildman–Crippen MR) is 75.1 cm³/mol. The van der Waals surface area contributed by atoms with Gasteiger partial charge >= 0.3 is 12.0 Å². The zero-order chi connectivity index (χ0) is 14.0. The predicted octanol–water partition coefficient (Wildman–Crippen LogP) is 2.02. The van der Waals surface area contributed by atoms with Crippen molar-refractivity contribution >= 4 is 23.8 Å². The van der Waals surface area contributed by atoms with Crippen molar-refractivity contribution in [2.45, 2.75) is 38.6 Å². The molecule has 0 aliphatic heterocycles. The Bertz CT molecular complexity index is 262. The van der Waals surface area contributed by atoms with Crippen LogP contribution in [0.25, 0.3) is 0 Å². The van der Waals surface area contributed by atoms with E-state index in [2.05, 4.69) is 5.32 Å². The van der Waals surface area contributed by atoms with Gasteiger partial charge in [0.2, 0.25) is 0 Å². The van der Waals surface area contributed by atoms with Crippen molar-refractivity contribution in [1.29, 1.82) is 0 Å². The number of hydrogen-bond donors (Lipinski definition) is 2. The fourth-order valence-corrected chi connectivity index (χ4v) is 2.03. The maximum Gasteiger partial charge on any atom is 0.317 e. The summed E-state index contributed by atoms with van der Waals surface area (Å²) in [6.07, 6.45) is 4.51. The maximum atomic E-state index is 11.8. The van der Waals surface area contributed by atoms with Crippen LogP contribution in [0.4, 0.5) is 4.79 Å². The highest BCUT2D eigenvalue weighted by Crippen LogP contribution is 2.03. The number of thioether (sulfide) groups is 1. The fourth-order valence-electron chi connectivity index (χ4n) is 1.62. The molecule has 0 bridgehead atoms. The number of carboxylic acids is 1. The van der Waals surface area contributed by atoms with Gasteiger partial charge in [-0.2, -0.15) is 11.8 Å². The van der Waals surface area contributed by atoms with Gasteiger partial charge in [0, 0.05) is 19.6 Å². The number of aliphatic carboxylic acids is 1. The first-order valence-corrected chi connectivity index (χ1v) is 7.63. The minimum atomic E-state index is -0.876. The Morgan fingerprint density at radius 3 is 2.61 bits per heavy atom. The minimum absolute atomic E-state index is 0.0156. The lowest BCUT2D eigenvalue weighted by Gasteiger charge is -2.22. The van der Waals surface area contributed by atoms with Crippen LogP contribution in [0.1, 0.15) is 32.6 Å². The number of rotatable bonds is 9. The molecule has 1 unspecified atom stereocenters. The number of carboxylic acid groups (broad SMARTS) is 1. The standard InChI is InChI=1S/C12H24N2O3S/c1-4-6-10(9-11(15)16)13-12(17)14(2)7-5-8-18-3/h10H,4-9H2,1-3H3,(H,13,17)(H,15,16). The molecule has 6 heteroatoms. The molecule has 18 heavy (non-hydrogen) atoms. The summed E-state index contributed by atoms with van der Waals surface area (Å²) in [5.41, 5.74) is 0. The molecule has 0 aromatic carbocycles. The van der Waals surface area contributed by atoms with Crippen molar-refractivity contribution in [2.75, 3.05) is 25.6 Å². The molecule has 0 saturated heterocycles. The van der Waals surface area contributed by atoms with E-state index in [4.69, 9.17) is 5.11 Å². The second-order valence-electron chi connectivity index (χ2n) is 4.30. The van der Waals surface area contributed by atoms with Gasteiger partial charge in [-0.1, -0.05) is 13.3 Å². The number of carbonyl (C=O) groups is 2. The maximum absolute atomic E-state index is 11.8. The molecule has 106 valence electrons. The normalized spacial score (nSPS) is 11.9. The molecule has 0 heterocycles. The summed E-state index contributed by atoms with van der Waals surface area (Å²) in [5, 5.41) is 11.5. The summed E-state index contributed by atoms with van der Waals surface area (Å²) in [5.74, 6) is 0.143. The van der Waals surface area contributed by atoms with Gasteiger partial charge in [-0.25, -0.2) is 4.79 Å². The molecular weight excluding hydrogens is 252 g/mol. The van der Waals surface area contributed by atoms with E-state index >= 15 is 0 Å². The third kappa shape index (κ3) is 8.22. The summed E-state index contributed by atoms with van der Waals surface area (Å²) in [7, 11) is 1.74. The first-order valence-electron chi connectivity index (χ1n) is 6.23. The van der Waals surface area contributed by atoms with Crippen LogP contribution in [0.3, 0.4) is 0 Å². The van der Waals surface area contributed by atoms with E-state index in [1.54, 1.807) is 23.7 Å². The third-order valence-electron chi connectivity index (χ3n) is 2.57. The van der Waals surface area contributed by atoms with Crippen LogP contribution in [-0.4, -0.2) is 53.6 Å². The molecule has 0 aromatic rings. The highest BCUT2D eigenvalue weighted by molar-refractivity contribution is 7.98. The van der Waals surface area contributed by atoms with E-state index in [0.717, 1.165) is 18.6 Å². The molecular formula is C12H24N2O3S.